The van der Waals surface area contributed by atoms with Crippen LogP contribution in [0.3, 0.4) is 0 Å². The normalized spacial score (nSPS) is 12.5. The first-order valence-corrected chi connectivity index (χ1v) is 6.17. The highest BCUT2D eigenvalue weighted by Gasteiger charge is 2.19. The van der Waals surface area contributed by atoms with Gasteiger partial charge in [0.05, 0.1) is 4.83 Å². The molecule has 94 valence electrons. The van der Waals surface area contributed by atoms with Crippen LogP contribution in [0, 0.1) is 17.5 Å². The molecule has 1 aromatic rings. The molecule has 0 aliphatic carbocycles. The molecule has 0 heterocycles. The third kappa shape index (κ3) is 3.84. The van der Waals surface area contributed by atoms with Crippen LogP contribution in [0.4, 0.5) is 13.2 Å². The van der Waals surface area contributed by atoms with Gasteiger partial charge in [-0.15, -0.1) is 0 Å². The Balaban J connectivity index is 2.84. The van der Waals surface area contributed by atoms with Crippen molar-refractivity contribution in [1.29, 1.82) is 0 Å². The summed E-state index contributed by atoms with van der Waals surface area (Å²) >= 11 is 3.10. The zero-order valence-electron chi connectivity index (χ0n) is 9.27. The van der Waals surface area contributed by atoms with Crippen molar-refractivity contribution in [3.05, 3.63) is 35.1 Å². The van der Waals surface area contributed by atoms with Crippen LogP contribution in [0.15, 0.2) is 12.1 Å². The van der Waals surface area contributed by atoms with Crippen molar-refractivity contribution in [3.8, 4) is 0 Å². The van der Waals surface area contributed by atoms with Crippen LogP contribution in [-0.4, -0.2) is 10.6 Å². The smallest absolute Gasteiger partial charge is 0.162 e. The predicted molar refractivity (Wildman–Crippen MR) is 62.7 cm³/mol. The standard InChI is InChI=1S/C12H12BrF3O/c1-2-3-11(17)9(13)5-7-4-8(14)6-10(15)12(7)16/h4,6,9H,2-3,5H2,1H3. The Morgan fingerprint density at radius 3 is 2.59 bits per heavy atom. The summed E-state index contributed by atoms with van der Waals surface area (Å²) in [6.07, 6.45) is 0.982. The third-order valence-corrected chi connectivity index (χ3v) is 3.15. The topological polar surface area (TPSA) is 17.1 Å². The number of halogens is 4. The highest BCUT2D eigenvalue weighted by Crippen LogP contribution is 2.19. The maximum atomic E-state index is 13.3. The van der Waals surface area contributed by atoms with Gasteiger partial charge in [-0.2, -0.15) is 0 Å². The van der Waals surface area contributed by atoms with Crippen LogP contribution in [0.5, 0.6) is 0 Å². The molecule has 0 N–H and O–H groups in total. The second-order valence-corrected chi connectivity index (χ2v) is 4.85. The molecule has 0 radical (unpaired) electrons. The Labute approximate surface area is 106 Å². The van der Waals surface area contributed by atoms with Gasteiger partial charge in [0.25, 0.3) is 0 Å². The minimum absolute atomic E-state index is 0.0562. The first-order chi connectivity index (χ1) is 7.95. The minimum atomic E-state index is -1.23. The van der Waals surface area contributed by atoms with E-state index in [2.05, 4.69) is 15.9 Å². The van der Waals surface area contributed by atoms with Crippen LogP contribution in [0.25, 0.3) is 0 Å². The number of carbonyl (C=O) groups excluding carboxylic acids is 1. The quantitative estimate of drug-likeness (QED) is 0.597. The van der Waals surface area contributed by atoms with Crippen molar-refractivity contribution < 1.29 is 18.0 Å². The van der Waals surface area contributed by atoms with Gasteiger partial charge in [-0.25, -0.2) is 13.2 Å². The Bertz CT molecular complexity index is 420. The summed E-state index contributed by atoms with van der Waals surface area (Å²) in [6.45, 7) is 1.85. The van der Waals surface area contributed by atoms with E-state index < -0.39 is 22.3 Å². The van der Waals surface area contributed by atoms with Gasteiger partial charge in [-0.05, 0) is 24.5 Å². The van der Waals surface area contributed by atoms with Gasteiger partial charge < -0.3 is 0 Å². The van der Waals surface area contributed by atoms with Gasteiger partial charge in [-0.1, -0.05) is 22.9 Å². The van der Waals surface area contributed by atoms with Gasteiger partial charge in [-0.3, -0.25) is 4.79 Å². The van der Waals surface area contributed by atoms with E-state index >= 15 is 0 Å². The lowest BCUT2D eigenvalue weighted by molar-refractivity contribution is -0.118. The van der Waals surface area contributed by atoms with Crippen molar-refractivity contribution in [2.24, 2.45) is 0 Å². The summed E-state index contributed by atoms with van der Waals surface area (Å²) in [5, 5.41) is 0. The maximum absolute atomic E-state index is 13.3. The molecule has 17 heavy (non-hydrogen) atoms. The van der Waals surface area contributed by atoms with Gasteiger partial charge in [0.15, 0.2) is 11.6 Å². The third-order valence-electron chi connectivity index (χ3n) is 2.31. The Morgan fingerprint density at radius 1 is 1.35 bits per heavy atom. The molecule has 0 fully saturated rings. The number of hydrogen-bond acceptors (Lipinski definition) is 1. The number of alkyl halides is 1. The van der Waals surface area contributed by atoms with Crippen molar-refractivity contribution in [3.63, 3.8) is 0 Å². The van der Waals surface area contributed by atoms with Crippen molar-refractivity contribution >= 4 is 21.7 Å². The lowest BCUT2D eigenvalue weighted by Crippen LogP contribution is -2.17. The molecule has 0 bridgehead atoms. The van der Waals surface area contributed by atoms with Crippen molar-refractivity contribution in [2.75, 3.05) is 0 Å². The summed E-state index contributed by atoms with van der Waals surface area (Å²) < 4.78 is 39.1. The first-order valence-electron chi connectivity index (χ1n) is 5.26. The number of benzene rings is 1. The van der Waals surface area contributed by atoms with Crippen LogP contribution in [0.1, 0.15) is 25.3 Å². The van der Waals surface area contributed by atoms with Crippen LogP contribution in [-0.2, 0) is 11.2 Å². The maximum Gasteiger partial charge on any atom is 0.162 e. The van der Waals surface area contributed by atoms with Crippen LogP contribution >= 0.6 is 15.9 Å². The molecule has 0 aromatic heterocycles. The zero-order valence-corrected chi connectivity index (χ0v) is 10.9. The zero-order chi connectivity index (χ0) is 13.0. The summed E-state index contributed by atoms with van der Waals surface area (Å²) in [5.74, 6) is -3.28. The molecule has 1 nitrogen and oxygen atoms in total. The highest BCUT2D eigenvalue weighted by atomic mass is 79.9. The number of ketones is 1. The summed E-state index contributed by atoms with van der Waals surface area (Å²) in [7, 11) is 0. The number of Topliss-reactive ketones (excluding diaryl/α,β-unsaturated/α-hetero) is 1. The van der Waals surface area contributed by atoms with E-state index in [0.29, 0.717) is 18.9 Å². The van der Waals surface area contributed by atoms with E-state index in [-0.39, 0.29) is 17.8 Å². The molecular weight excluding hydrogens is 297 g/mol. The fourth-order valence-electron chi connectivity index (χ4n) is 1.47. The van der Waals surface area contributed by atoms with E-state index in [1.807, 2.05) is 6.92 Å². The van der Waals surface area contributed by atoms with E-state index in [1.165, 1.54) is 0 Å². The van der Waals surface area contributed by atoms with Gasteiger partial charge >= 0.3 is 0 Å². The fourth-order valence-corrected chi connectivity index (χ4v) is 2.05. The molecule has 0 saturated heterocycles. The summed E-state index contributed by atoms with van der Waals surface area (Å²) in [6, 6.07) is 1.39. The second-order valence-electron chi connectivity index (χ2n) is 3.75. The number of hydrogen-bond donors (Lipinski definition) is 0. The average molecular weight is 309 g/mol. The molecule has 1 aromatic carbocycles. The average Bonchev–Trinajstić information content (AvgIpc) is 2.25. The van der Waals surface area contributed by atoms with Gasteiger partial charge in [0.2, 0.25) is 0 Å². The molecule has 0 spiro atoms. The molecular formula is C12H12BrF3O. The van der Waals surface area contributed by atoms with E-state index in [0.717, 1.165) is 6.07 Å². The van der Waals surface area contributed by atoms with Crippen molar-refractivity contribution in [2.45, 2.75) is 31.0 Å². The van der Waals surface area contributed by atoms with Crippen LogP contribution < -0.4 is 0 Å². The molecule has 1 unspecified atom stereocenters. The minimum Gasteiger partial charge on any atom is -0.298 e. The lowest BCUT2D eigenvalue weighted by atomic mass is 10.0. The van der Waals surface area contributed by atoms with Crippen molar-refractivity contribution in [1.82, 2.24) is 0 Å². The SMILES string of the molecule is CCCC(=O)C(Br)Cc1cc(F)cc(F)c1F. The first kappa shape index (κ1) is 14.2. The lowest BCUT2D eigenvalue weighted by Gasteiger charge is -2.09. The Hall–Kier alpha value is -0.840. The summed E-state index contributed by atoms with van der Waals surface area (Å²) in [4.78, 5) is 10.9. The monoisotopic (exact) mass is 308 g/mol. The van der Waals surface area contributed by atoms with Gasteiger partial charge in [0, 0.05) is 12.5 Å². The molecule has 5 heteroatoms. The molecule has 0 saturated carbocycles. The number of carbonyl (C=O) groups is 1. The Morgan fingerprint density at radius 2 is 2.00 bits per heavy atom. The predicted octanol–water partition coefficient (Wildman–Crippen LogP) is 3.78. The summed E-state index contributed by atoms with van der Waals surface area (Å²) in [5.41, 5.74) is -0.131. The van der Waals surface area contributed by atoms with Crippen LogP contribution in [0.2, 0.25) is 0 Å². The van der Waals surface area contributed by atoms with E-state index in [4.69, 9.17) is 0 Å². The Kier molecular flexibility index (Phi) is 5.18. The molecule has 1 atom stereocenters. The molecule has 0 aliphatic heterocycles. The molecule has 0 amide bonds. The largest absolute Gasteiger partial charge is 0.298 e. The fraction of sp³-hybridized carbons (Fsp3) is 0.417. The van der Waals surface area contributed by atoms with E-state index in [1.54, 1.807) is 0 Å². The second kappa shape index (κ2) is 6.19. The van der Waals surface area contributed by atoms with E-state index in [9.17, 15) is 18.0 Å². The molecule has 1 rings (SSSR count). The number of rotatable bonds is 5. The van der Waals surface area contributed by atoms with Gasteiger partial charge in [0.1, 0.15) is 11.6 Å². The molecule has 0 aliphatic rings. The highest BCUT2D eigenvalue weighted by molar-refractivity contribution is 9.10.